The number of likely N-dealkylation sites (tertiary alicyclic amines) is 1. The second-order valence-electron chi connectivity index (χ2n) is 9.03. The largest absolute Gasteiger partial charge is 0.369 e. The number of amides is 1. The SMILES string of the molecule is C=CCCCN1C[C@H](OCc2ccccc2)[C@@H](OCc2ccccc2)[C@H](OCc2ccccc2)C1=O. The van der Waals surface area contributed by atoms with E-state index < -0.39 is 12.2 Å². The van der Waals surface area contributed by atoms with Gasteiger partial charge in [0.25, 0.3) is 5.91 Å². The van der Waals surface area contributed by atoms with Crippen molar-refractivity contribution < 1.29 is 19.0 Å². The predicted molar refractivity (Wildman–Crippen MR) is 141 cm³/mol. The number of hydrogen-bond donors (Lipinski definition) is 0. The third-order valence-corrected chi connectivity index (χ3v) is 6.32. The molecule has 4 rings (SSSR count). The standard InChI is InChI=1S/C31H35NO4/c1-2-3-13-20-32-21-28(34-22-25-14-7-4-8-15-25)29(35-23-26-16-9-5-10-17-26)30(31(32)33)36-24-27-18-11-6-12-19-27/h2,4-12,14-19,28-30H,1,3,13,20-24H2/t28-,29+,30-/m0/s1. The summed E-state index contributed by atoms with van der Waals surface area (Å²) in [4.78, 5) is 15.5. The minimum atomic E-state index is -0.757. The minimum Gasteiger partial charge on any atom is -0.369 e. The van der Waals surface area contributed by atoms with Crippen molar-refractivity contribution in [1.29, 1.82) is 0 Å². The van der Waals surface area contributed by atoms with Crippen LogP contribution in [0.5, 0.6) is 0 Å². The Labute approximate surface area is 214 Å². The van der Waals surface area contributed by atoms with Crippen LogP contribution in [0.25, 0.3) is 0 Å². The molecule has 0 aromatic heterocycles. The topological polar surface area (TPSA) is 48.0 Å². The fourth-order valence-corrected chi connectivity index (χ4v) is 4.37. The van der Waals surface area contributed by atoms with Gasteiger partial charge in [0.1, 0.15) is 12.2 Å². The molecule has 1 saturated heterocycles. The maximum Gasteiger partial charge on any atom is 0.254 e. The fraction of sp³-hybridized carbons (Fsp3) is 0.323. The van der Waals surface area contributed by atoms with Crippen LogP contribution in [-0.4, -0.2) is 42.2 Å². The minimum absolute atomic E-state index is 0.0485. The molecule has 1 amide bonds. The molecule has 0 unspecified atom stereocenters. The summed E-state index contributed by atoms with van der Waals surface area (Å²) in [6, 6.07) is 30.0. The van der Waals surface area contributed by atoms with Gasteiger partial charge in [-0.1, -0.05) is 97.1 Å². The van der Waals surface area contributed by atoms with Gasteiger partial charge in [-0.3, -0.25) is 4.79 Å². The number of nitrogens with zero attached hydrogens (tertiary/aromatic N) is 1. The third kappa shape index (κ3) is 7.37. The van der Waals surface area contributed by atoms with E-state index in [1.54, 1.807) is 0 Å². The van der Waals surface area contributed by atoms with Gasteiger partial charge < -0.3 is 19.1 Å². The first-order valence-electron chi connectivity index (χ1n) is 12.6. The Morgan fingerprint density at radius 3 is 1.78 bits per heavy atom. The van der Waals surface area contributed by atoms with Crippen LogP contribution in [0.1, 0.15) is 29.5 Å². The van der Waals surface area contributed by atoms with Crippen molar-refractivity contribution >= 4 is 5.91 Å². The van der Waals surface area contributed by atoms with Crippen molar-refractivity contribution in [2.75, 3.05) is 13.1 Å². The molecule has 5 heteroatoms. The molecule has 0 aliphatic carbocycles. The highest BCUT2D eigenvalue weighted by Gasteiger charge is 2.45. The normalized spacial score (nSPS) is 19.8. The van der Waals surface area contributed by atoms with E-state index >= 15 is 0 Å². The van der Waals surface area contributed by atoms with Crippen molar-refractivity contribution in [1.82, 2.24) is 4.90 Å². The number of ether oxygens (including phenoxy) is 3. The molecule has 1 heterocycles. The molecule has 188 valence electrons. The summed E-state index contributed by atoms with van der Waals surface area (Å²) in [5.74, 6) is -0.0485. The van der Waals surface area contributed by atoms with Gasteiger partial charge in [0.15, 0.2) is 6.10 Å². The van der Waals surface area contributed by atoms with Gasteiger partial charge in [-0.15, -0.1) is 6.58 Å². The first kappa shape index (κ1) is 25.8. The van der Waals surface area contributed by atoms with E-state index in [0.717, 1.165) is 29.5 Å². The average Bonchev–Trinajstić information content (AvgIpc) is 2.93. The van der Waals surface area contributed by atoms with Crippen LogP contribution in [0.4, 0.5) is 0 Å². The lowest BCUT2D eigenvalue weighted by Crippen LogP contribution is -2.61. The number of unbranched alkanes of at least 4 members (excludes halogenated alkanes) is 1. The van der Waals surface area contributed by atoms with Gasteiger partial charge in [0.05, 0.1) is 19.8 Å². The van der Waals surface area contributed by atoms with Crippen molar-refractivity contribution in [3.8, 4) is 0 Å². The summed E-state index contributed by atoms with van der Waals surface area (Å²) >= 11 is 0. The molecule has 0 spiro atoms. The molecule has 3 atom stereocenters. The molecule has 1 fully saturated rings. The highest BCUT2D eigenvalue weighted by atomic mass is 16.6. The molecule has 3 aromatic rings. The van der Waals surface area contributed by atoms with Gasteiger partial charge >= 0.3 is 0 Å². The first-order valence-corrected chi connectivity index (χ1v) is 12.6. The molecular weight excluding hydrogens is 450 g/mol. The van der Waals surface area contributed by atoms with Crippen molar-refractivity contribution in [3.05, 3.63) is 120 Å². The molecule has 3 aromatic carbocycles. The van der Waals surface area contributed by atoms with Crippen molar-refractivity contribution in [3.63, 3.8) is 0 Å². The van der Waals surface area contributed by atoms with Crippen molar-refractivity contribution in [2.24, 2.45) is 0 Å². The number of carbonyl (C=O) groups is 1. The summed E-state index contributed by atoms with van der Waals surface area (Å²) in [5.41, 5.74) is 3.13. The molecule has 1 aliphatic rings. The van der Waals surface area contributed by atoms with E-state index in [-0.39, 0.29) is 12.0 Å². The predicted octanol–water partition coefficient (Wildman–Crippen LogP) is 5.55. The Balaban J connectivity index is 1.55. The first-order chi connectivity index (χ1) is 17.7. The van der Waals surface area contributed by atoms with Gasteiger partial charge in [0.2, 0.25) is 0 Å². The lowest BCUT2D eigenvalue weighted by atomic mass is 9.99. The van der Waals surface area contributed by atoms with Crippen LogP contribution in [0.2, 0.25) is 0 Å². The summed E-state index contributed by atoms with van der Waals surface area (Å²) in [5, 5.41) is 0. The van der Waals surface area contributed by atoms with E-state index in [2.05, 4.69) is 6.58 Å². The quantitative estimate of drug-likeness (QED) is 0.235. The van der Waals surface area contributed by atoms with E-state index in [1.807, 2.05) is 102 Å². The number of rotatable bonds is 13. The zero-order valence-corrected chi connectivity index (χ0v) is 20.7. The molecule has 1 aliphatic heterocycles. The molecule has 0 N–H and O–H groups in total. The van der Waals surface area contributed by atoms with Gasteiger partial charge in [-0.25, -0.2) is 0 Å². The Hall–Kier alpha value is -3.25. The van der Waals surface area contributed by atoms with Gasteiger partial charge in [-0.2, -0.15) is 0 Å². The average molecular weight is 486 g/mol. The van der Waals surface area contributed by atoms with E-state index in [0.29, 0.717) is 32.9 Å². The van der Waals surface area contributed by atoms with E-state index in [1.165, 1.54) is 0 Å². The highest BCUT2D eigenvalue weighted by molar-refractivity contribution is 5.82. The monoisotopic (exact) mass is 485 g/mol. The van der Waals surface area contributed by atoms with Crippen LogP contribution in [0.15, 0.2) is 104 Å². The van der Waals surface area contributed by atoms with E-state index in [4.69, 9.17) is 14.2 Å². The molecule has 0 saturated carbocycles. The summed E-state index contributed by atoms with van der Waals surface area (Å²) in [6.07, 6.45) is 1.97. The number of benzene rings is 3. The number of hydrogen-bond acceptors (Lipinski definition) is 4. The second kappa shape index (κ2) is 13.7. The van der Waals surface area contributed by atoms with Crippen molar-refractivity contribution in [2.45, 2.75) is 51.0 Å². The lowest BCUT2D eigenvalue weighted by Gasteiger charge is -2.42. The van der Waals surface area contributed by atoms with Crippen LogP contribution in [0.3, 0.4) is 0 Å². The Kier molecular flexibility index (Phi) is 9.86. The van der Waals surface area contributed by atoms with Crippen LogP contribution in [-0.2, 0) is 38.8 Å². The zero-order chi connectivity index (χ0) is 25.0. The lowest BCUT2D eigenvalue weighted by molar-refractivity contribution is -0.196. The van der Waals surface area contributed by atoms with Crippen LogP contribution < -0.4 is 0 Å². The molecule has 36 heavy (non-hydrogen) atoms. The number of piperidine rings is 1. The van der Waals surface area contributed by atoms with Gasteiger partial charge in [-0.05, 0) is 29.5 Å². The maximum absolute atomic E-state index is 13.6. The zero-order valence-electron chi connectivity index (χ0n) is 20.7. The highest BCUT2D eigenvalue weighted by Crippen LogP contribution is 2.25. The van der Waals surface area contributed by atoms with E-state index in [9.17, 15) is 4.79 Å². The van der Waals surface area contributed by atoms with Gasteiger partial charge in [0, 0.05) is 13.1 Å². The Morgan fingerprint density at radius 1 is 0.750 bits per heavy atom. The number of allylic oxidation sites excluding steroid dienone is 1. The number of carbonyl (C=O) groups excluding carboxylic acids is 1. The Bertz CT molecular complexity index is 1060. The molecular formula is C31H35NO4. The molecule has 0 bridgehead atoms. The maximum atomic E-state index is 13.6. The smallest absolute Gasteiger partial charge is 0.254 e. The van der Waals surface area contributed by atoms with Crippen LogP contribution in [0, 0.1) is 0 Å². The summed E-state index contributed by atoms with van der Waals surface area (Å²) in [6.45, 7) is 6.06. The summed E-state index contributed by atoms with van der Waals surface area (Å²) in [7, 11) is 0. The third-order valence-electron chi connectivity index (χ3n) is 6.32. The Morgan fingerprint density at radius 2 is 1.25 bits per heavy atom. The summed E-state index contributed by atoms with van der Waals surface area (Å²) < 4.78 is 19.1. The fourth-order valence-electron chi connectivity index (χ4n) is 4.37. The molecule has 0 radical (unpaired) electrons. The second-order valence-corrected chi connectivity index (χ2v) is 9.03. The van der Waals surface area contributed by atoms with Crippen LogP contribution >= 0.6 is 0 Å². The molecule has 5 nitrogen and oxygen atoms in total.